The van der Waals surface area contributed by atoms with Gasteiger partial charge < -0.3 is 10.6 Å². The van der Waals surface area contributed by atoms with E-state index >= 15 is 0 Å². The molecule has 0 saturated heterocycles. The quantitative estimate of drug-likeness (QED) is 0.622. The number of para-hydroxylation sites is 1. The molecule has 3 aromatic carbocycles. The maximum atomic E-state index is 12.6. The molecule has 0 aliphatic carbocycles. The van der Waals surface area contributed by atoms with E-state index < -0.39 is 0 Å². The molecular weight excluding hydrogens is 336 g/mol. The summed E-state index contributed by atoms with van der Waals surface area (Å²) in [4.78, 5) is 24.3. The highest BCUT2D eigenvalue weighted by atomic mass is 16.2. The van der Waals surface area contributed by atoms with E-state index in [0.29, 0.717) is 11.3 Å². The Labute approximate surface area is 159 Å². The maximum absolute atomic E-state index is 12.6. The van der Waals surface area contributed by atoms with Crippen molar-refractivity contribution >= 4 is 17.4 Å². The Morgan fingerprint density at radius 3 is 1.85 bits per heavy atom. The van der Waals surface area contributed by atoms with Gasteiger partial charge in [0, 0.05) is 11.3 Å². The van der Waals surface area contributed by atoms with Crippen molar-refractivity contribution in [1.82, 2.24) is 5.32 Å². The molecule has 0 aliphatic rings. The minimum Gasteiger partial charge on any atom is -0.376 e. The molecule has 0 saturated carbocycles. The number of nitrogens with one attached hydrogen (secondary N) is 2. The number of rotatable bonds is 7. The second-order valence-electron chi connectivity index (χ2n) is 6.28. The normalized spacial score (nSPS) is 10.4. The summed E-state index contributed by atoms with van der Waals surface area (Å²) >= 11 is 0. The van der Waals surface area contributed by atoms with Crippen LogP contribution in [0, 0.1) is 0 Å². The summed E-state index contributed by atoms with van der Waals surface area (Å²) in [5.74, 6) is -0.184. The summed E-state index contributed by atoms with van der Waals surface area (Å²) in [7, 11) is 0. The molecular formula is C23H22N2O2. The van der Waals surface area contributed by atoms with E-state index in [2.05, 4.69) is 10.6 Å². The largest absolute Gasteiger partial charge is 0.376 e. The van der Waals surface area contributed by atoms with Crippen LogP contribution in [0.25, 0.3) is 0 Å². The highest BCUT2D eigenvalue weighted by Gasteiger charge is 2.16. The third kappa shape index (κ3) is 4.82. The van der Waals surface area contributed by atoms with Crippen LogP contribution in [0.1, 0.15) is 34.5 Å². The molecule has 0 aromatic heterocycles. The Hall–Kier alpha value is -3.40. The standard InChI is InChI=1S/C23H22N2O2/c1-17(26)20-14-8-9-15-21(20)24-16-22(27)25-23(18-10-4-2-5-11-18)19-12-6-3-7-13-19/h2-15,23-24H,16H2,1H3,(H,25,27). The first-order valence-electron chi connectivity index (χ1n) is 8.88. The average molecular weight is 358 g/mol. The molecule has 0 aliphatic heterocycles. The van der Waals surface area contributed by atoms with Gasteiger partial charge >= 0.3 is 0 Å². The van der Waals surface area contributed by atoms with Crippen LogP contribution in [-0.2, 0) is 4.79 Å². The van der Waals surface area contributed by atoms with Gasteiger partial charge in [-0.05, 0) is 30.2 Å². The van der Waals surface area contributed by atoms with E-state index in [1.165, 1.54) is 6.92 Å². The average Bonchev–Trinajstić information content (AvgIpc) is 2.72. The first-order chi connectivity index (χ1) is 13.1. The van der Waals surface area contributed by atoms with Crippen molar-refractivity contribution in [1.29, 1.82) is 0 Å². The molecule has 0 radical (unpaired) electrons. The lowest BCUT2D eigenvalue weighted by Gasteiger charge is -2.20. The van der Waals surface area contributed by atoms with E-state index in [4.69, 9.17) is 0 Å². The first kappa shape index (κ1) is 18.4. The topological polar surface area (TPSA) is 58.2 Å². The molecule has 0 unspecified atom stereocenters. The van der Waals surface area contributed by atoms with Crippen molar-refractivity contribution in [3.8, 4) is 0 Å². The van der Waals surface area contributed by atoms with Gasteiger partial charge in [-0.15, -0.1) is 0 Å². The molecule has 136 valence electrons. The molecule has 0 bridgehead atoms. The lowest BCUT2D eigenvalue weighted by molar-refractivity contribution is -0.119. The Morgan fingerprint density at radius 2 is 1.30 bits per heavy atom. The highest BCUT2D eigenvalue weighted by Crippen LogP contribution is 2.22. The van der Waals surface area contributed by atoms with Gasteiger partial charge in [0.25, 0.3) is 0 Å². The van der Waals surface area contributed by atoms with Crippen LogP contribution in [0.5, 0.6) is 0 Å². The first-order valence-corrected chi connectivity index (χ1v) is 8.88. The monoisotopic (exact) mass is 358 g/mol. The van der Waals surface area contributed by atoms with Gasteiger partial charge in [0.1, 0.15) is 0 Å². The number of hydrogen-bond donors (Lipinski definition) is 2. The fourth-order valence-corrected chi connectivity index (χ4v) is 2.98. The third-order valence-electron chi connectivity index (χ3n) is 4.32. The molecule has 0 fully saturated rings. The van der Waals surface area contributed by atoms with Crippen LogP contribution in [-0.4, -0.2) is 18.2 Å². The van der Waals surface area contributed by atoms with Crippen LogP contribution in [0.3, 0.4) is 0 Å². The molecule has 1 amide bonds. The number of amides is 1. The van der Waals surface area contributed by atoms with Crippen LogP contribution in [0.2, 0.25) is 0 Å². The van der Waals surface area contributed by atoms with Crippen molar-refractivity contribution < 1.29 is 9.59 Å². The summed E-state index contributed by atoms with van der Waals surface area (Å²) in [6.45, 7) is 1.60. The molecule has 0 spiro atoms. The summed E-state index contributed by atoms with van der Waals surface area (Å²) in [5, 5.41) is 6.15. The van der Waals surface area contributed by atoms with Crippen LogP contribution in [0.4, 0.5) is 5.69 Å². The molecule has 3 rings (SSSR count). The van der Waals surface area contributed by atoms with Gasteiger partial charge in [-0.3, -0.25) is 9.59 Å². The molecule has 4 nitrogen and oxygen atoms in total. The summed E-state index contributed by atoms with van der Waals surface area (Å²) in [6, 6.07) is 26.7. The Morgan fingerprint density at radius 1 is 0.778 bits per heavy atom. The SMILES string of the molecule is CC(=O)c1ccccc1NCC(=O)NC(c1ccccc1)c1ccccc1. The molecule has 0 atom stereocenters. The van der Waals surface area contributed by atoms with Crippen LogP contribution < -0.4 is 10.6 Å². The molecule has 4 heteroatoms. The number of carbonyl (C=O) groups excluding carboxylic acids is 2. The van der Waals surface area contributed by atoms with Crippen molar-refractivity contribution in [2.24, 2.45) is 0 Å². The van der Waals surface area contributed by atoms with Gasteiger partial charge in [0.15, 0.2) is 5.78 Å². The van der Waals surface area contributed by atoms with Crippen molar-refractivity contribution in [2.75, 3.05) is 11.9 Å². The molecule has 0 heterocycles. The van der Waals surface area contributed by atoms with E-state index in [1.54, 1.807) is 12.1 Å². The van der Waals surface area contributed by atoms with Gasteiger partial charge in [0.05, 0.1) is 12.6 Å². The fraction of sp³-hybridized carbons (Fsp3) is 0.130. The predicted octanol–water partition coefficient (Wildman–Crippen LogP) is 4.21. The Kier molecular flexibility index (Phi) is 6.00. The van der Waals surface area contributed by atoms with Crippen molar-refractivity contribution in [3.63, 3.8) is 0 Å². The van der Waals surface area contributed by atoms with Gasteiger partial charge in [-0.25, -0.2) is 0 Å². The number of benzene rings is 3. The maximum Gasteiger partial charge on any atom is 0.240 e. The minimum atomic E-state index is -0.232. The fourth-order valence-electron chi connectivity index (χ4n) is 2.98. The lowest BCUT2D eigenvalue weighted by atomic mass is 9.99. The second-order valence-corrected chi connectivity index (χ2v) is 6.28. The molecule has 27 heavy (non-hydrogen) atoms. The summed E-state index contributed by atoms with van der Waals surface area (Å²) in [5.41, 5.74) is 3.27. The predicted molar refractivity (Wildman–Crippen MR) is 108 cm³/mol. The Bertz CT molecular complexity index is 868. The Balaban J connectivity index is 1.73. The van der Waals surface area contributed by atoms with Crippen molar-refractivity contribution in [2.45, 2.75) is 13.0 Å². The number of ketones is 1. The van der Waals surface area contributed by atoms with E-state index in [-0.39, 0.29) is 24.3 Å². The lowest BCUT2D eigenvalue weighted by Crippen LogP contribution is -2.34. The van der Waals surface area contributed by atoms with Gasteiger partial charge in [-0.2, -0.15) is 0 Å². The third-order valence-corrected chi connectivity index (χ3v) is 4.32. The number of Topliss-reactive ketones (excluding diaryl/α,β-unsaturated/α-hetero) is 1. The number of anilines is 1. The zero-order valence-corrected chi connectivity index (χ0v) is 15.2. The zero-order chi connectivity index (χ0) is 19.1. The van der Waals surface area contributed by atoms with E-state index in [0.717, 1.165) is 11.1 Å². The van der Waals surface area contributed by atoms with Gasteiger partial charge in [0.2, 0.25) is 5.91 Å². The molecule has 3 aromatic rings. The summed E-state index contributed by atoms with van der Waals surface area (Å²) in [6.07, 6.45) is 0. The smallest absolute Gasteiger partial charge is 0.240 e. The van der Waals surface area contributed by atoms with Crippen LogP contribution in [0.15, 0.2) is 84.9 Å². The van der Waals surface area contributed by atoms with Crippen LogP contribution >= 0.6 is 0 Å². The number of carbonyl (C=O) groups is 2. The van der Waals surface area contributed by atoms with E-state index in [1.807, 2.05) is 72.8 Å². The minimum absolute atomic E-state index is 0.0371. The summed E-state index contributed by atoms with van der Waals surface area (Å²) < 4.78 is 0. The molecule has 2 N–H and O–H groups in total. The highest BCUT2D eigenvalue weighted by molar-refractivity contribution is 6.00. The van der Waals surface area contributed by atoms with E-state index in [9.17, 15) is 9.59 Å². The van der Waals surface area contributed by atoms with Crippen molar-refractivity contribution in [3.05, 3.63) is 102 Å². The zero-order valence-electron chi connectivity index (χ0n) is 15.2. The second kappa shape index (κ2) is 8.81. The number of hydrogen-bond acceptors (Lipinski definition) is 3. The van der Waals surface area contributed by atoms with Gasteiger partial charge in [-0.1, -0.05) is 72.8 Å².